The Labute approximate surface area is 114 Å². The van der Waals surface area contributed by atoms with Gasteiger partial charge < -0.3 is 15.6 Å². The van der Waals surface area contributed by atoms with E-state index in [0.717, 1.165) is 29.3 Å². The van der Waals surface area contributed by atoms with Crippen molar-refractivity contribution in [2.24, 2.45) is 5.92 Å². The van der Waals surface area contributed by atoms with Crippen molar-refractivity contribution in [3.8, 4) is 0 Å². The second-order valence-corrected chi connectivity index (χ2v) is 5.48. The maximum atomic E-state index is 4.42. The summed E-state index contributed by atoms with van der Waals surface area (Å²) in [5.74, 6) is 1.81. The van der Waals surface area contributed by atoms with E-state index in [2.05, 4.69) is 38.8 Å². The summed E-state index contributed by atoms with van der Waals surface area (Å²) < 4.78 is 0. The molecule has 0 saturated carbocycles. The number of anilines is 1. The van der Waals surface area contributed by atoms with Gasteiger partial charge in [0.05, 0.1) is 11.0 Å². The van der Waals surface area contributed by atoms with Crippen molar-refractivity contribution in [2.45, 2.75) is 26.2 Å². The number of aromatic nitrogens is 2. The zero-order valence-electron chi connectivity index (χ0n) is 11.5. The van der Waals surface area contributed by atoms with Gasteiger partial charge in [0.2, 0.25) is 0 Å². The Morgan fingerprint density at radius 2 is 2.37 bits per heavy atom. The first-order valence-electron chi connectivity index (χ1n) is 7.22. The SMILES string of the molecule is Cc1nc2ccc(NCCC3CCCNC3)cc2[nH]1. The lowest BCUT2D eigenvalue weighted by atomic mass is 9.96. The van der Waals surface area contributed by atoms with Crippen LogP contribution in [0.25, 0.3) is 11.0 Å². The van der Waals surface area contributed by atoms with Crippen LogP contribution in [0.1, 0.15) is 25.1 Å². The van der Waals surface area contributed by atoms with Crippen LogP contribution in [0.15, 0.2) is 18.2 Å². The van der Waals surface area contributed by atoms with Gasteiger partial charge in [-0.2, -0.15) is 0 Å². The molecule has 0 bridgehead atoms. The Bertz CT molecular complexity index is 540. The van der Waals surface area contributed by atoms with Crippen LogP contribution < -0.4 is 10.6 Å². The number of nitrogens with zero attached hydrogens (tertiary/aromatic N) is 1. The van der Waals surface area contributed by atoms with Gasteiger partial charge in [-0.25, -0.2) is 4.98 Å². The first-order valence-corrected chi connectivity index (χ1v) is 7.22. The lowest BCUT2D eigenvalue weighted by Gasteiger charge is -2.22. The predicted molar refractivity (Wildman–Crippen MR) is 79.5 cm³/mol. The normalized spacial score (nSPS) is 19.7. The average molecular weight is 258 g/mol. The molecule has 2 aromatic rings. The molecule has 1 aromatic carbocycles. The van der Waals surface area contributed by atoms with Gasteiger partial charge in [-0.05, 0) is 63.4 Å². The Kier molecular flexibility index (Phi) is 3.69. The molecule has 3 rings (SSSR count). The molecule has 1 saturated heterocycles. The van der Waals surface area contributed by atoms with E-state index in [1.165, 1.54) is 38.0 Å². The van der Waals surface area contributed by atoms with Gasteiger partial charge in [0.1, 0.15) is 5.82 Å². The Balaban J connectivity index is 1.55. The van der Waals surface area contributed by atoms with Crippen molar-refractivity contribution < 1.29 is 0 Å². The molecule has 0 amide bonds. The fourth-order valence-corrected chi connectivity index (χ4v) is 2.84. The number of nitrogens with one attached hydrogen (secondary N) is 3. The van der Waals surface area contributed by atoms with Crippen molar-refractivity contribution in [2.75, 3.05) is 25.0 Å². The van der Waals surface area contributed by atoms with E-state index in [-0.39, 0.29) is 0 Å². The third-order valence-corrected chi connectivity index (χ3v) is 3.88. The maximum absolute atomic E-state index is 4.42. The number of piperidine rings is 1. The van der Waals surface area contributed by atoms with Gasteiger partial charge in [0.25, 0.3) is 0 Å². The molecule has 2 heterocycles. The van der Waals surface area contributed by atoms with Crippen molar-refractivity contribution in [1.29, 1.82) is 0 Å². The number of fused-ring (bicyclic) bond motifs is 1. The summed E-state index contributed by atoms with van der Waals surface area (Å²) in [6.07, 6.45) is 3.94. The van der Waals surface area contributed by atoms with E-state index >= 15 is 0 Å². The fraction of sp³-hybridized carbons (Fsp3) is 0.533. The van der Waals surface area contributed by atoms with E-state index in [4.69, 9.17) is 0 Å². The minimum atomic E-state index is 0.833. The number of H-pyrrole nitrogens is 1. The zero-order chi connectivity index (χ0) is 13.1. The average Bonchev–Trinajstić information content (AvgIpc) is 2.79. The summed E-state index contributed by atoms with van der Waals surface area (Å²) in [6.45, 7) is 5.41. The monoisotopic (exact) mass is 258 g/mol. The molecule has 1 fully saturated rings. The third kappa shape index (κ3) is 3.07. The number of aromatic amines is 1. The second-order valence-electron chi connectivity index (χ2n) is 5.48. The summed E-state index contributed by atoms with van der Waals surface area (Å²) in [5.41, 5.74) is 3.33. The van der Waals surface area contributed by atoms with Gasteiger partial charge in [-0.3, -0.25) is 0 Å². The molecule has 0 radical (unpaired) electrons. The van der Waals surface area contributed by atoms with Crippen LogP contribution >= 0.6 is 0 Å². The molecule has 102 valence electrons. The summed E-state index contributed by atoms with van der Waals surface area (Å²) in [4.78, 5) is 7.69. The van der Waals surface area contributed by atoms with Gasteiger partial charge in [-0.1, -0.05) is 0 Å². The number of hydrogen-bond donors (Lipinski definition) is 3. The smallest absolute Gasteiger partial charge is 0.104 e. The van der Waals surface area contributed by atoms with E-state index < -0.39 is 0 Å². The van der Waals surface area contributed by atoms with Gasteiger partial charge in [0, 0.05) is 12.2 Å². The molecule has 4 nitrogen and oxygen atoms in total. The van der Waals surface area contributed by atoms with Crippen molar-refractivity contribution in [1.82, 2.24) is 15.3 Å². The highest BCUT2D eigenvalue weighted by Gasteiger charge is 2.12. The number of rotatable bonds is 4. The second kappa shape index (κ2) is 5.61. The Morgan fingerprint density at radius 1 is 1.42 bits per heavy atom. The standard InChI is InChI=1S/C15H22N4/c1-11-18-14-5-4-13(9-15(14)19-11)17-8-6-12-3-2-7-16-10-12/h4-5,9,12,16-17H,2-3,6-8,10H2,1H3,(H,18,19). The number of aryl methyl sites for hydroxylation is 1. The molecular formula is C15H22N4. The quantitative estimate of drug-likeness (QED) is 0.790. The largest absolute Gasteiger partial charge is 0.385 e. The maximum Gasteiger partial charge on any atom is 0.104 e. The summed E-state index contributed by atoms with van der Waals surface area (Å²) in [7, 11) is 0. The van der Waals surface area contributed by atoms with Gasteiger partial charge in [-0.15, -0.1) is 0 Å². The molecular weight excluding hydrogens is 236 g/mol. The van der Waals surface area contributed by atoms with Crippen LogP contribution in [0.5, 0.6) is 0 Å². The highest BCUT2D eigenvalue weighted by molar-refractivity contribution is 5.79. The summed E-state index contributed by atoms with van der Waals surface area (Å²) in [6, 6.07) is 6.33. The van der Waals surface area contributed by atoms with E-state index in [0.29, 0.717) is 0 Å². The minimum absolute atomic E-state index is 0.833. The molecule has 1 atom stereocenters. The van der Waals surface area contributed by atoms with Gasteiger partial charge >= 0.3 is 0 Å². The molecule has 4 heteroatoms. The van der Waals surface area contributed by atoms with Crippen LogP contribution in [-0.4, -0.2) is 29.6 Å². The van der Waals surface area contributed by atoms with Crippen molar-refractivity contribution in [3.05, 3.63) is 24.0 Å². The molecule has 3 N–H and O–H groups in total. The first kappa shape index (κ1) is 12.5. The molecule has 0 aliphatic carbocycles. The van der Waals surface area contributed by atoms with Crippen LogP contribution in [0.2, 0.25) is 0 Å². The van der Waals surface area contributed by atoms with Crippen molar-refractivity contribution >= 4 is 16.7 Å². The van der Waals surface area contributed by atoms with Crippen LogP contribution in [-0.2, 0) is 0 Å². The van der Waals surface area contributed by atoms with Crippen molar-refractivity contribution in [3.63, 3.8) is 0 Å². The molecule has 0 spiro atoms. The lowest BCUT2D eigenvalue weighted by Crippen LogP contribution is -2.30. The molecule has 1 aromatic heterocycles. The van der Waals surface area contributed by atoms with E-state index in [1.54, 1.807) is 0 Å². The highest BCUT2D eigenvalue weighted by Crippen LogP contribution is 2.18. The number of imidazole rings is 1. The number of benzene rings is 1. The fourth-order valence-electron chi connectivity index (χ4n) is 2.84. The summed E-state index contributed by atoms with van der Waals surface area (Å²) in [5, 5.41) is 6.99. The van der Waals surface area contributed by atoms with Crippen LogP contribution in [0.4, 0.5) is 5.69 Å². The first-order chi connectivity index (χ1) is 9.31. The highest BCUT2D eigenvalue weighted by atomic mass is 14.9. The van der Waals surface area contributed by atoms with Gasteiger partial charge in [0.15, 0.2) is 0 Å². The van der Waals surface area contributed by atoms with Crippen LogP contribution in [0, 0.1) is 12.8 Å². The summed E-state index contributed by atoms with van der Waals surface area (Å²) >= 11 is 0. The lowest BCUT2D eigenvalue weighted by molar-refractivity contribution is 0.364. The molecule has 1 aliphatic heterocycles. The Morgan fingerprint density at radius 3 is 3.21 bits per heavy atom. The molecule has 1 unspecified atom stereocenters. The third-order valence-electron chi connectivity index (χ3n) is 3.88. The van der Waals surface area contributed by atoms with Crippen LogP contribution in [0.3, 0.4) is 0 Å². The minimum Gasteiger partial charge on any atom is -0.385 e. The number of hydrogen-bond acceptors (Lipinski definition) is 3. The van der Waals surface area contributed by atoms with E-state index in [1.807, 2.05) is 6.92 Å². The molecule has 1 aliphatic rings. The van der Waals surface area contributed by atoms with E-state index in [9.17, 15) is 0 Å². The molecule has 19 heavy (non-hydrogen) atoms. The predicted octanol–water partition coefficient (Wildman–Crippen LogP) is 2.67. The topological polar surface area (TPSA) is 52.7 Å². The zero-order valence-corrected chi connectivity index (χ0v) is 11.5. The Hall–Kier alpha value is -1.55.